The average Bonchev–Trinajstić information content (AvgIpc) is 3.59. The van der Waals surface area contributed by atoms with Gasteiger partial charge >= 0.3 is 0 Å². The Hall–Kier alpha value is -4.10. The molecule has 7 heteroatoms. The molecule has 0 spiro atoms. The van der Waals surface area contributed by atoms with Gasteiger partial charge in [0.25, 0.3) is 5.91 Å². The minimum absolute atomic E-state index is 0.0336. The number of benzene rings is 2. The molecule has 4 aromatic rings. The van der Waals surface area contributed by atoms with Crippen LogP contribution in [0.4, 0.5) is 0 Å². The van der Waals surface area contributed by atoms with Crippen LogP contribution < -0.4 is 0 Å². The van der Waals surface area contributed by atoms with Crippen molar-refractivity contribution in [2.24, 2.45) is 7.05 Å². The molecule has 0 unspecified atom stereocenters. The van der Waals surface area contributed by atoms with E-state index >= 15 is 0 Å². The third-order valence-electron chi connectivity index (χ3n) is 6.31. The molecular weight excluding hydrogens is 466 g/mol. The molecule has 192 valence electrons. The van der Waals surface area contributed by atoms with Crippen LogP contribution in [0.2, 0.25) is 0 Å². The molecule has 0 atom stereocenters. The minimum atomic E-state index is -0.180. The van der Waals surface area contributed by atoms with E-state index in [1.54, 1.807) is 29.2 Å². The highest BCUT2D eigenvalue weighted by atomic mass is 16.5. The van der Waals surface area contributed by atoms with Gasteiger partial charge in [-0.3, -0.25) is 9.59 Å². The van der Waals surface area contributed by atoms with Crippen LogP contribution in [-0.4, -0.2) is 53.0 Å². The predicted octanol–water partition coefficient (Wildman–Crippen LogP) is 4.99. The van der Waals surface area contributed by atoms with Crippen molar-refractivity contribution in [2.75, 3.05) is 26.8 Å². The molecule has 7 nitrogen and oxygen atoms in total. The summed E-state index contributed by atoms with van der Waals surface area (Å²) in [5.41, 5.74) is 3.66. The zero-order valence-corrected chi connectivity index (χ0v) is 21.4. The normalized spacial score (nSPS) is 10.9. The second-order valence-electron chi connectivity index (χ2n) is 8.96. The van der Waals surface area contributed by atoms with Gasteiger partial charge in [0, 0.05) is 44.8 Å². The van der Waals surface area contributed by atoms with E-state index in [0.29, 0.717) is 44.0 Å². The van der Waals surface area contributed by atoms with Crippen molar-refractivity contribution in [3.63, 3.8) is 0 Å². The second kappa shape index (κ2) is 12.7. The first kappa shape index (κ1) is 26.0. The Labute approximate surface area is 217 Å². The van der Waals surface area contributed by atoms with Gasteiger partial charge in [-0.2, -0.15) is 0 Å². The lowest BCUT2D eigenvalue weighted by Gasteiger charge is -2.27. The number of ether oxygens (including phenoxy) is 1. The van der Waals surface area contributed by atoms with Crippen molar-refractivity contribution in [1.29, 1.82) is 0 Å². The van der Waals surface area contributed by atoms with E-state index in [0.717, 1.165) is 16.8 Å². The Morgan fingerprint density at radius 1 is 0.865 bits per heavy atom. The Bertz CT molecular complexity index is 1260. The Morgan fingerprint density at radius 3 is 2.27 bits per heavy atom. The van der Waals surface area contributed by atoms with E-state index in [-0.39, 0.29) is 18.4 Å². The van der Waals surface area contributed by atoms with Crippen LogP contribution in [-0.2, 0) is 29.7 Å². The number of hydrogen-bond acceptors (Lipinski definition) is 4. The highest BCUT2D eigenvalue weighted by Gasteiger charge is 2.24. The number of methoxy groups -OCH3 is 1. The number of furan rings is 1. The topological polar surface area (TPSA) is 67.9 Å². The van der Waals surface area contributed by atoms with Crippen molar-refractivity contribution < 1.29 is 18.7 Å². The molecule has 2 aromatic heterocycles. The van der Waals surface area contributed by atoms with Crippen molar-refractivity contribution in [2.45, 2.75) is 19.5 Å². The lowest BCUT2D eigenvalue weighted by atomic mass is 10.0. The molecule has 0 saturated heterocycles. The van der Waals surface area contributed by atoms with Crippen molar-refractivity contribution in [1.82, 2.24) is 14.4 Å². The van der Waals surface area contributed by atoms with Crippen LogP contribution in [0, 0.1) is 0 Å². The molecule has 0 aliphatic heterocycles. The van der Waals surface area contributed by atoms with E-state index < -0.39 is 0 Å². The van der Waals surface area contributed by atoms with Crippen LogP contribution in [0.15, 0.2) is 95.7 Å². The minimum Gasteiger partial charge on any atom is -0.467 e. The Kier molecular flexibility index (Phi) is 8.94. The summed E-state index contributed by atoms with van der Waals surface area (Å²) in [5.74, 6) is 0.362. The van der Waals surface area contributed by atoms with Gasteiger partial charge in [0.05, 0.1) is 19.4 Å². The number of rotatable bonds is 12. The Balaban J connectivity index is 1.52. The third kappa shape index (κ3) is 6.98. The maximum Gasteiger partial charge on any atom is 0.254 e. The van der Waals surface area contributed by atoms with Gasteiger partial charge in [0.15, 0.2) is 0 Å². The average molecular weight is 500 g/mol. The van der Waals surface area contributed by atoms with Crippen molar-refractivity contribution in [3.05, 3.63) is 108 Å². The third-order valence-corrected chi connectivity index (χ3v) is 6.31. The summed E-state index contributed by atoms with van der Waals surface area (Å²) >= 11 is 0. The lowest BCUT2D eigenvalue weighted by molar-refractivity contribution is -0.133. The lowest BCUT2D eigenvalue weighted by Crippen LogP contribution is -2.43. The fourth-order valence-electron chi connectivity index (χ4n) is 4.21. The smallest absolute Gasteiger partial charge is 0.254 e. The molecule has 2 heterocycles. The molecule has 0 saturated carbocycles. The van der Waals surface area contributed by atoms with Crippen LogP contribution in [0.5, 0.6) is 0 Å². The molecule has 0 fully saturated rings. The molecule has 2 amide bonds. The molecule has 4 rings (SSSR count). The molecule has 0 N–H and O–H groups in total. The van der Waals surface area contributed by atoms with Gasteiger partial charge in [0.2, 0.25) is 5.91 Å². The summed E-state index contributed by atoms with van der Waals surface area (Å²) in [5, 5.41) is 0. The molecule has 2 aromatic carbocycles. The van der Waals surface area contributed by atoms with Crippen LogP contribution in [0.1, 0.15) is 28.2 Å². The summed E-state index contributed by atoms with van der Waals surface area (Å²) in [6, 6.07) is 25.1. The van der Waals surface area contributed by atoms with E-state index in [2.05, 4.69) is 0 Å². The van der Waals surface area contributed by atoms with Crippen molar-refractivity contribution in [3.8, 4) is 11.1 Å². The first-order chi connectivity index (χ1) is 18.0. The fourth-order valence-corrected chi connectivity index (χ4v) is 4.21. The standard InChI is InChI=1S/C30H33N3O4/c1-31-17-6-11-27(31)21-33(22-28-12-7-20-37-28)29(34)23-32(18-8-19-36-2)30(35)26-15-13-25(14-16-26)24-9-4-3-5-10-24/h3-7,9-17,20H,8,18-19,21-23H2,1-2H3. The number of hydrogen-bond donors (Lipinski definition) is 0. The summed E-state index contributed by atoms with van der Waals surface area (Å²) in [7, 11) is 3.58. The van der Waals surface area contributed by atoms with Gasteiger partial charge < -0.3 is 23.5 Å². The summed E-state index contributed by atoms with van der Waals surface area (Å²) < 4.78 is 12.7. The number of aromatic nitrogens is 1. The molecule has 37 heavy (non-hydrogen) atoms. The quantitative estimate of drug-likeness (QED) is 0.258. The van der Waals surface area contributed by atoms with Gasteiger partial charge in [-0.15, -0.1) is 0 Å². The largest absolute Gasteiger partial charge is 0.467 e. The number of aryl methyl sites for hydroxylation is 1. The number of nitrogens with zero attached hydrogens (tertiary/aromatic N) is 3. The highest BCUT2D eigenvalue weighted by molar-refractivity contribution is 5.97. The van der Waals surface area contributed by atoms with Crippen LogP contribution in [0.25, 0.3) is 11.1 Å². The SMILES string of the molecule is COCCCN(CC(=O)N(Cc1ccco1)Cc1cccn1C)C(=O)c1ccc(-c2ccccc2)cc1. The zero-order chi connectivity index (χ0) is 26.0. The molecular formula is C30H33N3O4. The van der Waals surface area contributed by atoms with E-state index in [1.807, 2.05) is 90.6 Å². The number of carbonyl (C=O) groups is 2. The predicted molar refractivity (Wildman–Crippen MR) is 143 cm³/mol. The monoisotopic (exact) mass is 499 g/mol. The summed E-state index contributed by atoms with van der Waals surface area (Å²) in [6.45, 7) is 1.62. The zero-order valence-electron chi connectivity index (χ0n) is 21.4. The van der Waals surface area contributed by atoms with Crippen LogP contribution in [0.3, 0.4) is 0 Å². The highest BCUT2D eigenvalue weighted by Crippen LogP contribution is 2.20. The first-order valence-corrected chi connectivity index (χ1v) is 12.4. The van der Waals surface area contributed by atoms with Crippen LogP contribution >= 0.6 is 0 Å². The summed E-state index contributed by atoms with van der Waals surface area (Å²) in [4.78, 5) is 30.4. The molecule has 0 radical (unpaired) electrons. The van der Waals surface area contributed by atoms with E-state index in [1.165, 1.54) is 0 Å². The van der Waals surface area contributed by atoms with Crippen molar-refractivity contribution >= 4 is 11.8 Å². The first-order valence-electron chi connectivity index (χ1n) is 12.4. The van der Waals surface area contributed by atoms with Gasteiger partial charge in [-0.05, 0) is 53.9 Å². The second-order valence-corrected chi connectivity index (χ2v) is 8.96. The van der Waals surface area contributed by atoms with Gasteiger partial charge in [-0.25, -0.2) is 0 Å². The van der Waals surface area contributed by atoms with Gasteiger partial charge in [-0.1, -0.05) is 42.5 Å². The van der Waals surface area contributed by atoms with E-state index in [4.69, 9.17) is 9.15 Å². The van der Waals surface area contributed by atoms with Gasteiger partial charge in [0.1, 0.15) is 12.3 Å². The Morgan fingerprint density at radius 2 is 1.62 bits per heavy atom. The maximum atomic E-state index is 13.6. The molecule has 0 aliphatic carbocycles. The number of carbonyl (C=O) groups excluding carboxylic acids is 2. The summed E-state index contributed by atoms with van der Waals surface area (Å²) in [6.07, 6.45) is 4.18. The molecule has 0 bridgehead atoms. The number of amides is 2. The molecule has 0 aliphatic rings. The fraction of sp³-hybridized carbons (Fsp3) is 0.267. The maximum absolute atomic E-state index is 13.6. The van der Waals surface area contributed by atoms with E-state index in [9.17, 15) is 9.59 Å².